The Morgan fingerprint density at radius 1 is 1.23 bits per heavy atom. The van der Waals surface area contributed by atoms with Crippen LogP contribution in [0, 0.1) is 5.92 Å². The normalized spacial score (nSPS) is 34.5. The molecule has 0 aromatic heterocycles. The van der Waals surface area contributed by atoms with Crippen molar-refractivity contribution in [3.63, 3.8) is 0 Å². The first-order valence-electron chi connectivity index (χ1n) is 8.73. The highest BCUT2D eigenvalue weighted by atomic mass is 16.5. The Kier molecular flexibility index (Phi) is 2.59. The number of carbonyl (C=O) groups excluding carboxylic acids is 1. The highest BCUT2D eigenvalue weighted by Gasteiger charge is 2.63. The van der Waals surface area contributed by atoms with Crippen molar-refractivity contribution in [3.8, 4) is 0 Å². The van der Waals surface area contributed by atoms with Gasteiger partial charge in [0.2, 0.25) is 5.91 Å². The van der Waals surface area contributed by atoms with Crippen LogP contribution < -0.4 is 0 Å². The van der Waals surface area contributed by atoms with Gasteiger partial charge in [-0.3, -0.25) is 4.79 Å². The van der Waals surface area contributed by atoms with Crippen LogP contribution in [0.25, 0.3) is 0 Å². The number of amides is 1. The lowest BCUT2D eigenvalue weighted by atomic mass is 9.75. The molecule has 1 aromatic rings. The number of nitrogens with zero attached hydrogens (tertiary/aromatic N) is 1. The molecule has 4 aliphatic rings. The maximum atomic E-state index is 13.2. The number of carbonyl (C=O) groups is 1. The minimum atomic E-state index is 0.0528. The van der Waals surface area contributed by atoms with E-state index in [0.717, 1.165) is 38.8 Å². The molecule has 3 fully saturated rings. The Morgan fingerprint density at radius 3 is 2.91 bits per heavy atom. The molecule has 0 unspecified atom stereocenters. The molecule has 1 aliphatic heterocycles. The quantitative estimate of drug-likeness (QED) is 0.797. The lowest BCUT2D eigenvalue weighted by Crippen LogP contribution is -2.63. The first-order chi connectivity index (χ1) is 10.8. The van der Waals surface area contributed by atoms with Gasteiger partial charge in [0.15, 0.2) is 0 Å². The molecule has 0 bridgehead atoms. The fraction of sp³-hybridized carbons (Fsp3) is 0.632. The van der Waals surface area contributed by atoms with E-state index in [1.807, 2.05) is 0 Å². The summed E-state index contributed by atoms with van der Waals surface area (Å²) in [7, 11) is 0. The summed E-state index contributed by atoms with van der Waals surface area (Å²) >= 11 is 0. The molecule has 0 N–H and O–H groups in total. The van der Waals surface area contributed by atoms with Crippen molar-refractivity contribution in [3.05, 3.63) is 35.4 Å². The summed E-state index contributed by atoms with van der Waals surface area (Å²) in [5, 5.41) is 0. The van der Waals surface area contributed by atoms with E-state index in [4.69, 9.17) is 4.74 Å². The van der Waals surface area contributed by atoms with E-state index >= 15 is 0 Å². The first-order valence-corrected chi connectivity index (χ1v) is 8.73. The van der Waals surface area contributed by atoms with Gasteiger partial charge in [0.1, 0.15) is 0 Å². The van der Waals surface area contributed by atoms with Crippen LogP contribution in [0.4, 0.5) is 0 Å². The van der Waals surface area contributed by atoms with Crippen LogP contribution in [-0.2, 0) is 21.4 Å². The summed E-state index contributed by atoms with van der Waals surface area (Å²) in [4.78, 5) is 15.4. The van der Waals surface area contributed by atoms with E-state index in [1.54, 1.807) is 0 Å². The summed E-state index contributed by atoms with van der Waals surface area (Å²) in [5.74, 6) is 0.645. The van der Waals surface area contributed by atoms with E-state index in [0.29, 0.717) is 12.5 Å². The SMILES string of the molecule is O=C([C@@H]1C[C@@]12CCc1ccccc12)N1CCOCC12CCC2. The Hall–Kier alpha value is -1.35. The van der Waals surface area contributed by atoms with Gasteiger partial charge < -0.3 is 9.64 Å². The number of hydrogen-bond acceptors (Lipinski definition) is 2. The summed E-state index contributed by atoms with van der Waals surface area (Å²) in [5.41, 5.74) is 3.16. The zero-order valence-corrected chi connectivity index (χ0v) is 13.0. The minimum Gasteiger partial charge on any atom is -0.377 e. The van der Waals surface area contributed by atoms with E-state index in [2.05, 4.69) is 29.2 Å². The molecule has 2 atom stereocenters. The average Bonchev–Trinajstić information content (AvgIpc) is 3.15. The fourth-order valence-electron chi connectivity index (χ4n) is 5.18. The number of morpholine rings is 1. The predicted molar refractivity (Wildman–Crippen MR) is 83.7 cm³/mol. The van der Waals surface area contributed by atoms with Crippen LogP contribution in [-0.4, -0.2) is 36.1 Å². The molecular formula is C19H23NO2. The van der Waals surface area contributed by atoms with Crippen LogP contribution in [0.1, 0.15) is 43.2 Å². The van der Waals surface area contributed by atoms with Gasteiger partial charge in [-0.15, -0.1) is 0 Å². The molecule has 3 nitrogen and oxygen atoms in total. The van der Waals surface area contributed by atoms with Gasteiger partial charge in [0.05, 0.1) is 18.8 Å². The Labute approximate surface area is 131 Å². The van der Waals surface area contributed by atoms with Gasteiger partial charge in [-0.25, -0.2) is 0 Å². The second-order valence-electron chi connectivity index (χ2n) is 7.69. The Morgan fingerprint density at radius 2 is 2.09 bits per heavy atom. The third-order valence-electron chi connectivity index (χ3n) is 6.72. The Balaban J connectivity index is 1.42. The van der Waals surface area contributed by atoms with Crippen molar-refractivity contribution in [2.45, 2.75) is 49.5 Å². The molecule has 1 aromatic carbocycles. The fourth-order valence-corrected chi connectivity index (χ4v) is 5.18. The molecule has 22 heavy (non-hydrogen) atoms. The molecule has 0 radical (unpaired) electrons. The van der Waals surface area contributed by atoms with Crippen molar-refractivity contribution >= 4 is 5.91 Å². The topological polar surface area (TPSA) is 29.5 Å². The predicted octanol–water partition coefficient (Wildman–Crippen LogP) is 2.67. The molecule has 3 aliphatic carbocycles. The van der Waals surface area contributed by atoms with Crippen LogP contribution in [0.15, 0.2) is 24.3 Å². The van der Waals surface area contributed by atoms with Crippen LogP contribution >= 0.6 is 0 Å². The van der Waals surface area contributed by atoms with Gasteiger partial charge in [-0.1, -0.05) is 24.3 Å². The molecule has 3 heteroatoms. The number of fused-ring (bicyclic) bond motifs is 2. The lowest BCUT2D eigenvalue weighted by Gasteiger charge is -2.53. The second kappa shape index (κ2) is 4.35. The third-order valence-corrected chi connectivity index (χ3v) is 6.72. The van der Waals surface area contributed by atoms with Crippen molar-refractivity contribution in [1.82, 2.24) is 4.90 Å². The summed E-state index contributed by atoms with van der Waals surface area (Å²) < 4.78 is 5.69. The van der Waals surface area contributed by atoms with Crippen molar-refractivity contribution in [2.24, 2.45) is 5.92 Å². The van der Waals surface area contributed by atoms with Gasteiger partial charge in [-0.2, -0.15) is 0 Å². The first kappa shape index (κ1) is 13.1. The highest BCUT2D eigenvalue weighted by molar-refractivity contribution is 5.86. The van der Waals surface area contributed by atoms with Crippen LogP contribution in [0.5, 0.6) is 0 Å². The van der Waals surface area contributed by atoms with E-state index in [-0.39, 0.29) is 16.9 Å². The zero-order chi connectivity index (χ0) is 14.8. The molecule has 1 heterocycles. The standard InChI is InChI=1S/C19H23NO2/c21-17(20-10-11-22-13-18(20)7-3-8-18)16-12-19(16)9-6-14-4-1-2-5-15(14)19/h1-2,4-5,16H,3,6-13H2/t16-,19+/m0/s1. The molecule has 1 amide bonds. The van der Waals surface area contributed by atoms with Crippen LogP contribution in [0.2, 0.25) is 0 Å². The molecule has 1 saturated heterocycles. The molecule has 5 rings (SSSR count). The van der Waals surface area contributed by atoms with Gasteiger partial charge >= 0.3 is 0 Å². The van der Waals surface area contributed by atoms with E-state index in [1.165, 1.54) is 24.0 Å². The van der Waals surface area contributed by atoms with Gasteiger partial charge in [-0.05, 0) is 49.7 Å². The number of ether oxygens (including phenoxy) is 1. The highest BCUT2D eigenvalue weighted by Crippen LogP contribution is 2.62. The smallest absolute Gasteiger partial charge is 0.227 e. The third kappa shape index (κ3) is 1.58. The molecular weight excluding hydrogens is 274 g/mol. The number of benzene rings is 1. The number of aryl methyl sites for hydroxylation is 1. The molecule has 116 valence electrons. The monoisotopic (exact) mass is 297 g/mol. The van der Waals surface area contributed by atoms with Crippen molar-refractivity contribution in [2.75, 3.05) is 19.8 Å². The van der Waals surface area contributed by atoms with E-state index < -0.39 is 0 Å². The summed E-state index contributed by atoms with van der Waals surface area (Å²) in [6.07, 6.45) is 6.89. The number of rotatable bonds is 1. The van der Waals surface area contributed by atoms with Gasteiger partial charge in [0, 0.05) is 17.9 Å². The molecule has 2 saturated carbocycles. The second-order valence-corrected chi connectivity index (χ2v) is 7.69. The van der Waals surface area contributed by atoms with Crippen LogP contribution in [0.3, 0.4) is 0 Å². The zero-order valence-electron chi connectivity index (χ0n) is 13.0. The van der Waals surface area contributed by atoms with Crippen molar-refractivity contribution < 1.29 is 9.53 Å². The average molecular weight is 297 g/mol. The van der Waals surface area contributed by atoms with Crippen molar-refractivity contribution in [1.29, 1.82) is 0 Å². The van der Waals surface area contributed by atoms with E-state index in [9.17, 15) is 4.79 Å². The minimum absolute atomic E-state index is 0.0528. The lowest BCUT2D eigenvalue weighted by molar-refractivity contribution is -0.160. The van der Waals surface area contributed by atoms with Gasteiger partial charge in [0.25, 0.3) is 0 Å². The summed E-state index contributed by atoms with van der Waals surface area (Å²) in [6, 6.07) is 8.76. The largest absolute Gasteiger partial charge is 0.377 e. The maximum Gasteiger partial charge on any atom is 0.227 e. The Bertz CT molecular complexity index is 636. The maximum absolute atomic E-state index is 13.2. The molecule has 2 spiro atoms. The summed E-state index contributed by atoms with van der Waals surface area (Å²) in [6.45, 7) is 2.27. The number of hydrogen-bond donors (Lipinski definition) is 0.